The van der Waals surface area contributed by atoms with Crippen LogP contribution in [-0.4, -0.2) is 10.1 Å². The van der Waals surface area contributed by atoms with Crippen LogP contribution in [0.2, 0.25) is 5.02 Å². The summed E-state index contributed by atoms with van der Waals surface area (Å²) in [4.78, 5) is 4.02. The van der Waals surface area contributed by atoms with Gasteiger partial charge in [0.2, 0.25) is 5.89 Å². The second-order valence-electron chi connectivity index (χ2n) is 3.57. The number of hydrogen-bond donors (Lipinski definition) is 1. The number of rotatable bonds is 4. The molecule has 0 aliphatic rings. The Balaban J connectivity index is 1.91. The smallest absolute Gasteiger partial charge is 0.240 e. The van der Waals surface area contributed by atoms with Crippen LogP contribution in [0.5, 0.6) is 0 Å². The van der Waals surface area contributed by atoms with Crippen LogP contribution in [0.15, 0.2) is 22.7 Å². The van der Waals surface area contributed by atoms with Crippen LogP contribution in [0, 0.1) is 12.7 Å². The molecule has 0 fully saturated rings. The molecule has 4 nitrogen and oxygen atoms in total. The number of aromatic nitrogens is 2. The first kappa shape index (κ1) is 12.0. The summed E-state index contributed by atoms with van der Waals surface area (Å²) >= 11 is 5.78. The van der Waals surface area contributed by atoms with Gasteiger partial charge in [-0.15, -0.1) is 0 Å². The summed E-state index contributed by atoms with van der Waals surface area (Å²) in [5, 5.41) is 7.17. The van der Waals surface area contributed by atoms with Crippen molar-refractivity contribution in [3.8, 4) is 0 Å². The van der Waals surface area contributed by atoms with Crippen LogP contribution < -0.4 is 5.32 Å². The third kappa shape index (κ3) is 3.25. The van der Waals surface area contributed by atoms with E-state index in [-0.39, 0.29) is 5.82 Å². The van der Waals surface area contributed by atoms with Crippen molar-refractivity contribution in [2.24, 2.45) is 0 Å². The quantitative estimate of drug-likeness (QED) is 0.912. The number of aryl methyl sites for hydroxylation is 1. The third-order valence-corrected chi connectivity index (χ3v) is 2.40. The van der Waals surface area contributed by atoms with Crippen molar-refractivity contribution in [2.45, 2.75) is 20.0 Å². The van der Waals surface area contributed by atoms with E-state index < -0.39 is 0 Å². The molecule has 0 spiro atoms. The van der Waals surface area contributed by atoms with E-state index in [1.807, 2.05) is 0 Å². The Morgan fingerprint density at radius 2 is 2.24 bits per heavy atom. The first-order valence-corrected chi connectivity index (χ1v) is 5.47. The zero-order chi connectivity index (χ0) is 12.3. The molecule has 0 bridgehead atoms. The maximum atomic E-state index is 13.3. The average Bonchev–Trinajstić information content (AvgIpc) is 2.69. The summed E-state index contributed by atoms with van der Waals surface area (Å²) in [6.45, 7) is 2.49. The maximum Gasteiger partial charge on any atom is 0.240 e. The van der Waals surface area contributed by atoms with Crippen molar-refractivity contribution < 1.29 is 8.91 Å². The summed E-state index contributed by atoms with van der Waals surface area (Å²) in [6.07, 6.45) is 0. The fourth-order valence-corrected chi connectivity index (χ4v) is 1.59. The van der Waals surface area contributed by atoms with Gasteiger partial charge in [-0.25, -0.2) is 4.39 Å². The monoisotopic (exact) mass is 255 g/mol. The molecule has 2 aromatic rings. The first-order chi connectivity index (χ1) is 8.15. The predicted molar refractivity (Wildman–Crippen MR) is 61.0 cm³/mol. The molecule has 0 atom stereocenters. The Morgan fingerprint density at radius 3 is 2.94 bits per heavy atom. The molecule has 0 saturated heterocycles. The molecular weight excluding hydrogens is 245 g/mol. The summed E-state index contributed by atoms with van der Waals surface area (Å²) in [7, 11) is 0. The molecule has 1 heterocycles. The number of nitrogens with one attached hydrogen (secondary N) is 1. The fourth-order valence-electron chi connectivity index (χ4n) is 1.39. The van der Waals surface area contributed by atoms with Gasteiger partial charge < -0.3 is 9.84 Å². The first-order valence-electron chi connectivity index (χ1n) is 5.09. The lowest BCUT2D eigenvalue weighted by atomic mass is 10.2. The molecule has 1 N–H and O–H groups in total. The minimum absolute atomic E-state index is 0.288. The number of halogens is 2. The molecule has 6 heteroatoms. The lowest BCUT2D eigenvalue weighted by Crippen LogP contribution is -2.14. The van der Waals surface area contributed by atoms with Gasteiger partial charge in [0.05, 0.1) is 6.54 Å². The van der Waals surface area contributed by atoms with E-state index in [0.29, 0.717) is 35.4 Å². The summed E-state index contributed by atoms with van der Waals surface area (Å²) in [5.74, 6) is 0.768. The molecule has 17 heavy (non-hydrogen) atoms. The maximum absolute atomic E-state index is 13.3. The van der Waals surface area contributed by atoms with Crippen molar-refractivity contribution in [3.05, 3.63) is 46.3 Å². The van der Waals surface area contributed by atoms with Crippen molar-refractivity contribution in [1.29, 1.82) is 0 Å². The predicted octanol–water partition coefficient (Wildman–Crippen LogP) is 2.46. The van der Waals surface area contributed by atoms with Gasteiger partial charge in [0.25, 0.3) is 0 Å². The Bertz CT molecular complexity index is 515. The van der Waals surface area contributed by atoms with Crippen LogP contribution in [0.25, 0.3) is 0 Å². The molecule has 0 amide bonds. The highest BCUT2D eigenvalue weighted by molar-refractivity contribution is 6.30. The number of benzene rings is 1. The molecule has 0 aliphatic carbocycles. The Labute approximate surface area is 103 Å². The minimum atomic E-state index is -0.288. The largest absolute Gasteiger partial charge is 0.338 e. The highest BCUT2D eigenvalue weighted by Crippen LogP contribution is 2.14. The Kier molecular flexibility index (Phi) is 3.71. The fraction of sp³-hybridized carbons (Fsp3) is 0.273. The van der Waals surface area contributed by atoms with Crippen LogP contribution in [-0.2, 0) is 13.1 Å². The summed E-state index contributed by atoms with van der Waals surface area (Å²) < 4.78 is 18.3. The molecule has 0 unspecified atom stereocenters. The molecule has 90 valence electrons. The second kappa shape index (κ2) is 5.25. The Morgan fingerprint density at radius 1 is 1.41 bits per heavy atom. The van der Waals surface area contributed by atoms with E-state index in [4.69, 9.17) is 16.1 Å². The van der Waals surface area contributed by atoms with Crippen molar-refractivity contribution >= 4 is 11.6 Å². The highest BCUT2D eigenvalue weighted by Gasteiger charge is 2.05. The zero-order valence-electron chi connectivity index (χ0n) is 9.20. The van der Waals surface area contributed by atoms with E-state index in [1.165, 1.54) is 12.1 Å². The molecule has 0 aliphatic heterocycles. The van der Waals surface area contributed by atoms with Gasteiger partial charge in [0, 0.05) is 17.1 Å². The standard InChI is InChI=1S/C11H11ClFN3O/c1-7-15-11(17-16-7)6-14-5-8-4-9(12)2-3-10(8)13/h2-4,14H,5-6H2,1H3. The van der Waals surface area contributed by atoms with E-state index >= 15 is 0 Å². The summed E-state index contributed by atoms with van der Waals surface area (Å²) in [6, 6.07) is 4.45. The van der Waals surface area contributed by atoms with Crippen LogP contribution in [0.1, 0.15) is 17.3 Å². The zero-order valence-corrected chi connectivity index (χ0v) is 9.96. The molecular formula is C11H11ClFN3O. The lowest BCUT2D eigenvalue weighted by Gasteiger charge is -2.04. The molecule has 2 rings (SSSR count). The van der Waals surface area contributed by atoms with E-state index in [1.54, 1.807) is 13.0 Å². The highest BCUT2D eigenvalue weighted by atomic mass is 35.5. The van der Waals surface area contributed by atoms with Crippen molar-refractivity contribution in [3.63, 3.8) is 0 Å². The minimum Gasteiger partial charge on any atom is -0.338 e. The summed E-state index contributed by atoms with van der Waals surface area (Å²) in [5.41, 5.74) is 0.508. The molecule has 1 aromatic carbocycles. The second-order valence-corrected chi connectivity index (χ2v) is 4.01. The van der Waals surface area contributed by atoms with Crippen molar-refractivity contribution in [2.75, 3.05) is 0 Å². The SMILES string of the molecule is Cc1noc(CNCc2cc(Cl)ccc2F)n1. The third-order valence-electron chi connectivity index (χ3n) is 2.17. The number of hydrogen-bond acceptors (Lipinski definition) is 4. The average molecular weight is 256 g/mol. The van der Waals surface area contributed by atoms with Gasteiger partial charge in [-0.05, 0) is 25.1 Å². The van der Waals surface area contributed by atoms with Gasteiger partial charge in [-0.1, -0.05) is 16.8 Å². The van der Waals surface area contributed by atoms with Crippen molar-refractivity contribution in [1.82, 2.24) is 15.5 Å². The normalized spacial score (nSPS) is 10.8. The van der Waals surface area contributed by atoms with Gasteiger partial charge >= 0.3 is 0 Å². The topological polar surface area (TPSA) is 51.0 Å². The lowest BCUT2D eigenvalue weighted by molar-refractivity contribution is 0.363. The molecule has 0 saturated carbocycles. The van der Waals surface area contributed by atoms with Gasteiger partial charge in [-0.3, -0.25) is 0 Å². The molecule has 1 aromatic heterocycles. The Hall–Kier alpha value is -1.46. The van der Waals surface area contributed by atoms with Gasteiger partial charge in [0.1, 0.15) is 5.82 Å². The van der Waals surface area contributed by atoms with Crippen LogP contribution >= 0.6 is 11.6 Å². The van der Waals surface area contributed by atoms with E-state index in [9.17, 15) is 4.39 Å². The van der Waals surface area contributed by atoms with Gasteiger partial charge in [-0.2, -0.15) is 4.98 Å². The van der Waals surface area contributed by atoms with Crippen LogP contribution in [0.3, 0.4) is 0 Å². The number of nitrogens with zero attached hydrogens (tertiary/aromatic N) is 2. The van der Waals surface area contributed by atoms with E-state index in [0.717, 1.165) is 0 Å². The van der Waals surface area contributed by atoms with Crippen LogP contribution in [0.4, 0.5) is 4.39 Å². The van der Waals surface area contributed by atoms with E-state index in [2.05, 4.69) is 15.5 Å². The van der Waals surface area contributed by atoms with Gasteiger partial charge in [0.15, 0.2) is 5.82 Å². The molecule has 0 radical (unpaired) electrons.